The normalized spacial score (nSPS) is 16.9. The van der Waals surface area contributed by atoms with Crippen molar-refractivity contribution in [3.63, 3.8) is 0 Å². The van der Waals surface area contributed by atoms with Crippen LogP contribution in [0.2, 0.25) is 0 Å². The number of aliphatic imine (C=N–C) groups is 1. The third-order valence-electron chi connectivity index (χ3n) is 5.17. The molecule has 0 atom stereocenters. The lowest BCUT2D eigenvalue weighted by Crippen LogP contribution is -2.57. The molecule has 0 unspecified atom stereocenters. The van der Waals surface area contributed by atoms with Crippen LogP contribution in [0.5, 0.6) is 11.5 Å². The Bertz CT molecular complexity index is 613. The summed E-state index contributed by atoms with van der Waals surface area (Å²) in [7, 11) is 7.56. The average Bonchev–Trinajstić information content (AvgIpc) is 2.70. The molecule has 27 heavy (non-hydrogen) atoms. The van der Waals surface area contributed by atoms with E-state index in [9.17, 15) is 0 Å². The van der Waals surface area contributed by atoms with Crippen LogP contribution < -0.4 is 20.1 Å². The average molecular weight is 379 g/mol. The van der Waals surface area contributed by atoms with Crippen LogP contribution in [0, 0.1) is 0 Å². The molecule has 0 bridgehead atoms. The minimum Gasteiger partial charge on any atom is -0.493 e. The molecule has 1 aromatic carbocycles. The molecule has 1 saturated heterocycles. The van der Waals surface area contributed by atoms with Crippen molar-refractivity contribution in [2.45, 2.75) is 31.8 Å². The van der Waals surface area contributed by atoms with Gasteiger partial charge in [-0.25, -0.2) is 4.99 Å². The first kappa shape index (κ1) is 21.3. The van der Waals surface area contributed by atoms with Crippen LogP contribution in [-0.2, 0) is 11.3 Å². The number of benzene rings is 1. The van der Waals surface area contributed by atoms with Crippen LogP contribution in [-0.4, -0.2) is 71.0 Å². The Kier molecular flexibility index (Phi) is 8.19. The highest BCUT2D eigenvalue weighted by Crippen LogP contribution is 2.28. The molecule has 0 radical (unpaired) electrons. The number of ether oxygens (including phenoxy) is 3. The largest absolute Gasteiger partial charge is 0.493 e. The monoisotopic (exact) mass is 378 g/mol. The summed E-state index contributed by atoms with van der Waals surface area (Å²) >= 11 is 0. The number of hydrogen-bond acceptors (Lipinski definition) is 5. The van der Waals surface area contributed by atoms with E-state index in [2.05, 4.69) is 36.6 Å². The van der Waals surface area contributed by atoms with Crippen LogP contribution in [0.4, 0.5) is 0 Å². The van der Waals surface area contributed by atoms with Crippen molar-refractivity contribution < 1.29 is 14.2 Å². The quantitative estimate of drug-likeness (QED) is 0.532. The predicted molar refractivity (Wildman–Crippen MR) is 109 cm³/mol. The molecule has 2 N–H and O–H groups in total. The number of hydrogen-bond donors (Lipinski definition) is 2. The van der Waals surface area contributed by atoms with E-state index in [0.29, 0.717) is 6.54 Å². The summed E-state index contributed by atoms with van der Waals surface area (Å²) in [6.07, 6.45) is 2.03. The van der Waals surface area contributed by atoms with Gasteiger partial charge in [-0.1, -0.05) is 6.07 Å². The van der Waals surface area contributed by atoms with Crippen molar-refractivity contribution >= 4 is 5.96 Å². The minimum absolute atomic E-state index is 0.0950. The molecule has 152 valence electrons. The van der Waals surface area contributed by atoms with Gasteiger partial charge in [-0.05, 0) is 51.6 Å². The zero-order valence-electron chi connectivity index (χ0n) is 17.3. The molecule has 7 nitrogen and oxygen atoms in total. The number of nitrogens with one attached hydrogen (secondary N) is 2. The molecular formula is C20H34N4O3. The summed E-state index contributed by atoms with van der Waals surface area (Å²) < 4.78 is 16.2. The summed E-state index contributed by atoms with van der Waals surface area (Å²) in [6, 6.07) is 5.88. The van der Waals surface area contributed by atoms with Crippen molar-refractivity contribution in [1.82, 2.24) is 15.5 Å². The van der Waals surface area contributed by atoms with E-state index in [-0.39, 0.29) is 5.54 Å². The van der Waals surface area contributed by atoms with Gasteiger partial charge in [0.15, 0.2) is 17.5 Å². The van der Waals surface area contributed by atoms with Crippen molar-refractivity contribution in [1.29, 1.82) is 0 Å². The summed E-state index contributed by atoms with van der Waals surface area (Å²) in [5, 5.41) is 6.85. The van der Waals surface area contributed by atoms with E-state index >= 15 is 0 Å². The van der Waals surface area contributed by atoms with E-state index in [4.69, 9.17) is 19.2 Å². The van der Waals surface area contributed by atoms with Crippen molar-refractivity contribution in [3.8, 4) is 11.5 Å². The topological polar surface area (TPSA) is 67.4 Å². The fourth-order valence-electron chi connectivity index (χ4n) is 3.27. The summed E-state index contributed by atoms with van der Waals surface area (Å²) in [5.41, 5.74) is 1.16. The van der Waals surface area contributed by atoms with Gasteiger partial charge in [0.25, 0.3) is 0 Å². The van der Waals surface area contributed by atoms with Gasteiger partial charge < -0.3 is 29.7 Å². The molecule has 0 aromatic heterocycles. The summed E-state index contributed by atoms with van der Waals surface area (Å²) in [5.74, 6) is 2.26. The van der Waals surface area contributed by atoms with E-state index in [0.717, 1.165) is 62.2 Å². The Morgan fingerprint density at radius 2 is 1.85 bits per heavy atom. The minimum atomic E-state index is 0.0950. The lowest BCUT2D eigenvalue weighted by Gasteiger charge is -2.43. The van der Waals surface area contributed by atoms with E-state index in [1.807, 2.05) is 18.2 Å². The maximum absolute atomic E-state index is 5.55. The van der Waals surface area contributed by atoms with Gasteiger partial charge in [0.05, 0.1) is 20.8 Å². The molecule has 0 aliphatic carbocycles. The van der Waals surface area contributed by atoms with Crippen molar-refractivity contribution in [3.05, 3.63) is 23.8 Å². The molecule has 1 fully saturated rings. The van der Waals surface area contributed by atoms with Crippen LogP contribution in [0.3, 0.4) is 0 Å². The highest BCUT2D eigenvalue weighted by molar-refractivity contribution is 5.79. The fraction of sp³-hybridized carbons (Fsp3) is 0.650. The molecule has 7 heteroatoms. The van der Waals surface area contributed by atoms with E-state index in [1.54, 1.807) is 14.2 Å². The Hall–Kier alpha value is -1.99. The van der Waals surface area contributed by atoms with Gasteiger partial charge in [0, 0.05) is 31.8 Å². The molecular weight excluding hydrogens is 344 g/mol. The third kappa shape index (κ3) is 5.74. The SMILES string of the molecule is CCNC(=NCc1ccc(OC)c(OC)c1)NCC1(N(C)C)CCOCC1. The number of likely N-dealkylation sites (N-methyl/N-ethyl adjacent to an activating group) is 1. The van der Waals surface area contributed by atoms with E-state index < -0.39 is 0 Å². The summed E-state index contributed by atoms with van der Waals surface area (Å²) in [4.78, 5) is 7.04. The Labute approximate surface area is 163 Å². The maximum atomic E-state index is 5.55. The molecule has 1 heterocycles. The highest BCUT2D eigenvalue weighted by atomic mass is 16.5. The molecule has 1 aliphatic heterocycles. The summed E-state index contributed by atoms with van der Waals surface area (Å²) in [6.45, 7) is 5.90. The van der Waals surface area contributed by atoms with Crippen molar-refractivity contribution in [2.24, 2.45) is 4.99 Å². The Morgan fingerprint density at radius 3 is 2.44 bits per heavy atom. The van der Waals surface area contributed by atoms with Crippen LogP contribution in [0.15, 0.2) is 23.2 Å². The van der Waals surface area contributed by atoms with Crippen molar-refractivity contribution in [2.75, 3.05) is 54.6 Å². The smallest absolute Gasteiger partial charge is 0.191 e. The van der Waals surface area contributed by atoms with Gasteiger partial charge in [-0.3, -0.25) is 0 Å². The van der Waals surface area contributed by atoms with Gasteiger partial charge >= 0.3 is 0 Å². The van der Waals surface area contributed by atoms with Crippen LogP contribution in [0.1, 0.15) is 25.3 Å². The fourth-order valence-corrected chi connectivity index (χ4v) is 3.27. The number of nitrogens with zero attached hydrogens (tertiary/aromatic N) is 2. The third-order valence-corrected chi connectivity index (χ3v) is 5.17. The molecule has 2 rings (SSSR count). The Balaban J connectivity index is 2.05. The standard InChI is InChI=1S/C20H34N4O3/c1-6-21-19(23-15-20(24(2)3)9-11-27-12-10-20)22-14-16-7-8-17(25-4)18(13-16)26-5/h7-8,13H,6,9-12,14-15H2,1-5H3,(H2,21,22,23). The van der Waals surface area contributed by atoms with Crippen LogP contribution in [0.25, 0.3) is 0 Å². The maximum Gasteiger partial charge on any atom is 0.191 e. The molecule has 0 spiro atoms. The second kappa shape index (κ2) is 10.4. The zero-order chi connectivity index (χ0) is 19.7. The Morgan fingerprint density at radius 1 is 1.15 bits per heavy atom. The lowest BCUT2D eigenvalue weighted by molar-refractivity contribution is -0.00501. The van der Waals surface area contributed by atoms with Gasteiger partial charge in [-0.2, -0.15) is 0 Å². The molecule has 1 aromatic rings. The van der Waals surface area contributed by atoms with Gasteiger partial charge in [-0.15, -0.1) is 0 Å². The number of rotatable bonds is 8. The molecule has 0 saturated carbocycles. The van der Waals surface area contributed by atoms with Gasteiger partial charge in [0.1, 0.15) is 0 Å². The first-order valence-corrected chi connectivity index (χ1v) is 9.53. The first-order valence-electron chi connectivity index (χ1n) is 9.53. The number of guanidine groups is 1. The lowest BCUT2D eigenvalue weighted by atomic mass is 9.88. The second-order valence-electron chi connectivity index (χ2n) is 6.97. The second-order valence-corrected chi connectivity index (χ2v) is 6.97. The number of methoxy groups -OCH3 is 2. The van der Waals surface area contributed by atoms with Crippen LogP contribution >= 0.6 is 0 Å². The highest BCUT2D eigenvalue weighted by Gasteiger charge is 2.34. The molecule has 1 aliphatic rings. The zero-order valence-corrected chi connectivity index (χ0v) is 17.3. The van der Waals surface area contributed by atoms with E-state index in [1.165, 1.54) is 0 Å². The predicted octanol–water partition coefficient (Wildman–Crippen LogP) is 1.87. The molecule has 0 amide bonds. The first-order chi connectivity index (χ1) is 13.0. The van der Waals surface area contributed by atoms with Gasteiger partial charge in [0.2, 0.25) is 0 Å².